The molecule has 0 saturated heterocycles. The SMILES string of the molecule is ClCc1nnc(NCc2cccc3cccnc23)o1. The Morgan fingerprint density at radius 3 is 2.89 bits per heavy atom. The Morgan fingerprint density at radius 2 is 2.05 bits per heavy atom. The fraction of sp³-hybridized carbons (Fsp3) is 0.154. The number of anilines is 1. The number of hydrogen-bond donors (Lipinski definition) is 1. The quantitative estimate of drug-likeness (QED) is 0.741. The normalized spacial score (nSPS) is 10.8. The fourth-order valence-corrected chi connectivity index (χ4v) is 1.97. The van der Waals surface area contributed by atoms with E-state index in [2.05, 4.69) is 20.5 Å². The molecule has 0 aliphatic carbocycles. The fourth-order valence-electron chi connectivity index (χ4n) is 1.86. The molecule has 6 heteroatoms. The summed E-state index contributed by atoms with van der Waals surface area (Å²) in [6, 6.07) is 10.4. The molecule has 3 rings (SSSR count). The molecule has 5 nitrogen and oxygen atoms in total. The van der Waals surface area contributed by atoms with Crippen LogP contribution in [0.3, 0.4) is 0 Å². The molecule has 0 bridgehead atoms. The summed E-state index contributed by atoms with van der Waals surface area (Å²) in [5.74, 6) is 0.616. The van der Waals surface area contributed by atoms with Gasteiger partial charge >= 0.3 is 6.01 Å². The van der Waals surface area contributed by atoms with Gasteiger partial charge in [-0.3, -0.25) is 4.98 Å². The molecular weight excluding hydrogens is 264 g/mol. The van der Waals surface area contributed by atoms with Gasteiger partial charge in [-0.25, -0.2) is 0 Å². The van der Waals surface area contributed by atoms with Crippen molar-refractivity contribution in [3.05, 3.63) is 48.0 Å². The zero-order chi connectivity index (χ0) is 13.1. The highest BCUT2D eigenvalue weighted by atomic mass is 35.5. The molecule has 0 radical (unpaired) electrons. The summed E-state index contributed by atoms with van der Waals surface area (Å²) < 4.78 is 5.28. The molecule has 1 aromatic carbocycles. The van der Waals surface area contributed by atoms with Crippen molar-refractivity contribution in [3.63, 3.8) is 0 Å². The van der Waals surface area contributed by atoms with Gasteiger partial charge in [-0.1, -0.05) is 29.4 Å². The summed E-state index contributed by atoms with van der Waals surface area (Å²) in [4.78, 5) is 4.39. The first-order valence-corrected chi connectivity index (χ1v) is 6.35. The first kappa shape index (κ1) is 11.9. The summed E-state index contributed by atoms with van der Waals surface area (Å²) in [5.41, 5.74) is 2.04. The smallest absolute Gasteiger partial charge is 0.315 e. The van der Waals surface area contributed by atoms with Crippen LogP contribution in [-0.4, -0.2) is 15.2 Å². The lowest BCUT2D eigenvalue weighted by Crippen LogP contribution is -2.01. The zero-order valence-electron chi connectivity index (χ0n) is 10.0. The summed E-state index contributed by atoms with van der Waals surface area (Å²) in [6.45, 7) is 0.568. The van der Waals surface area contributed by atoms with Crippen LogP contribution < -0.4 is 5.32 Å². The van der Waals surface area contributed by atoms with Crippen molar-refractivity contribution in [2.45, 2.75) is 12.4 Å². The summed E-state index contributed by atoms with van der Waals surface area (Å²) in [6.07, 6.45) is 1.78. The van der Waals surface area contributed by atoms with Crippen LogP contribution in [0.5, 0.6) is 0 Å². The third kappa shape index (κ3) is 2.51. The van der Waals surface area contributed by atoms with Gasteiger partial charge < -0.3 is 9.73 Å². The highest BCUT2D eigenvalue weighted by Crippen LogP contribution is 2.17. The van der Waals surface area contributed by atoms with Crippen LogP contribution in [0.25, 0.3) is 10.9 Å². The van der Waals surface area contributed by atoms with Crippen molar-refractivity contribution in [1.29, 1.82) is 0 Å². The van der Waals surface area contributed by atoms with Crippen molar-refractivity contribution in [1.82, 2.24) is 15.2 Å². The molecular formula is C13H11ClN4O. The maximum absolute atomic E-state index is 5.60. The van der Waals surface area contributed by atoms with Crippen molar-refractivity contribution in [3.8, 4) is 0 Å². The van der Waals surface area contributed by atoms with Crippen molar-refractivity contribution < 1.29 is 4.42 Å². The Kier molecular flexibility index (Phi) is 3.29. The van der Waals surface area contributed by atoms with Crippen LogP contribution >= 0.6 is 11.6 Å². The van der Waals surface area contributed by atoms with E-state index in [9.17, 15) is 0 Å². The van der Waals surface area contributed by atoms with Crippen LogP contribution in [0, 0.1) is 0 Å². The monoisotopic (exact) mass is 274 g/mol. The molecule has 0 aliphatic rings. The lowest BCUT2D eigenvalue weighted by molar-refractivity contribution is 0.525. The average molecular weight is 275 g/mol. The standard InChI is InChI=1S/C13H11ClN4O/c14-7-11-17-18-13(19-11)16-8-10-4-1-3-9-5-2-6-15-12(9)10/h1-6H,7-8H2,(H,16,18). The molecule has 2 heterocycles. The lowest BCUT2D eigenvalue weighted by Gasteiger charge is -2.05. The van der Waals surface area contributed by atoms with Crippen molar-refractivity contribution in [2.75, 3.05) is 5.32 Å². The third-order valence-electron chi connectivity index (χ3n) is 2.73. The predicted molar refractivity (Wildman–Crippen MR) is 72.9 cm³/mol. The second-order valence-corrected chi connectivity index (χ2v) is 4.25. The molecule has 0 fully saturated rings. The Hall–Kier alpha value is -2.14. The van der Waals surface area contributed by atoms with Gasteiger partial charge in [-0.2, -0.15) is 0 Å². The van der Waals surface area contributed by atoms with Crippen molar-refractivity contribution in [2.24, 2.45) is 0 Å². The number of para-hydroxylation sites is 1. The number of nitrogens with one attached hydrogen (secondary N) is 1. The molecule has 0 unspecified atom stereocenters. The molecule has 0 atom stereocenters. The van der Waals surface area contributed by atoms with Gasteiger partial charge in [0.1, 0.15) is 5.88 Å². The molecule has 0 amide bonds. The van der Waals surface area contributed by atoms with Crippen molar-refractivity contribution >= 4 is 28.5 Å². The largest absolute Gasteiger partial charge is 0.407 e. The van der Waals surface area contributed by atoms with E-state index in [0.717, 1.165) is 16.5 Å². The van der Waals surface area contributed by atoms with Gasteiger partial charge in [0.2, 0.25) is 5.89 Å². The van der Waals surface area contributed by atoms with Gasteiger partial charge in [0.25, 0.3) is 0 Å². The first-order valence-electron chi connectivity index (χ1n) is 5.81. The van der Waals surface area contributed by atoms with E-state index in [-0.39, 0.29) is 5.88 Å². The van der Waals surface area contributed by atoms with E-state index in [1.807, 2.05) is 30.3 Å². The Bertz CT molecular complexity index is 692. The van der Waals surface area contributed by atoms with Crippen LogP contribution in [0.2, 0.25) is 0 Å². The minimum absolute atomic E-state index is 0.213. The second-order valence-electron chi connectivity index (χ2n) is 3.98. The second kappa shape index (κ2) is 5.24. The summed E-state index contributed by atoms with van der Waals surface area (Å²) in [5, 5.41) is 11.8. The highest BCUT2D eigenvalue weighted by molar-refractivity contribution is 6.16. The van der Waals surface area contributed by atoms with Crippen LogP contribution in [-0.2, 0) is 12.4 Å². The number of alkyl halides is 1. The van der Waals surface area contributed by atoms with E-state index >= 15 is 0 Å². The first-order chi connectivity index (χ1) is 9.36. The minimum atomic E-state index is 0.213. The molecule has 3 aromatic rings. The molecule has 96 valence electrons. The minimum Gasteiger partial charge on any atom is -0.407 e. The molecule has 0 saturated carbocycles. The number of pyridine rings is 1. The number of halogens is 1. The van der Waals surface area contributed by atoms with Gasteiger partial charge in [0, 0.05) is 18.1 Å². The van der Waals surface area contributed by atoms with Gasteiger partial charge in [0.15, 0.2) is 0 Å². The molecule has 0 aliphatic heterocycles. The number of rotatable bonds is 4. The Labute approximate surface area is 114 Å². The van der Waals surface area contributed by atoms with E-state index in [4.69, 9.17) is 16.0 Å². The maximum atomic E-state index is 5.60. The van der Waals surface area contributed by atoms with E-state index in [0.29, 0.717) is 18.5 Å². The number of aromatic nitrogens is 3. The molecule has 19 heavy (non-hydrogen) atoms. The maximum Gasteiger partial charge on any atom is 0.315 e. The van der Waals surface area contributed by atoms with Gasteiger partial charge in [-0.15, -0.1) is 16.7 Å². The number of fused-ring (bicyclic) bond motifs is 1. The Morgan fingerprint density at radius 1 is 1.16 bits per heavy atom. The number of benzene rings is 1. The van der Waals surface area contributed by atoms with E-state index in [1.165, 1.54) is 0 Å². The zero-order valence-corrected chi connectivity index (χ0v) is 10.8. The topological polar surface area (TPSA) is 63.8 Å². The highest BCUT2D eigenvalue weighted by Gasteiger charge is 2.06. The number of hydrogen-bond acceptors (Lipinski definition) is 5. The van der Waals surface area contributed by atoms with E-state index < -0.39 is 0 Å². The average Bonchev–Trinajstić information content (AvgIpc) is 2.93. The summed E-state index contributed by atoms with van der Waals surface area (Å²) in [7, 11) is 0. The van der Waals surface area contributed by atoms with Gasteiger partial charge in [-0.05, 0) is 11.6 Å². The van der Waals surface area contributed by atoms with E-state index in [1.54, 1.807) is 6.20 Å². The lowest BCUT2D eigenvalue weighted by atomic mass is 10.1. The molecule has 0 spiro atoms. The van der Waals surface area contributed by atoms with Crippen LogP contribution in [0.15, 0.2) is 40.9 Å². The Balaban J connectivity index is 1.81. The van der Waals surface area contributed by atoms with Crippen LogP contribution in [0.1, 0.15) is 11.5 Å². The van der Waals surface area contributed by atoms with Gasteiger partial charge in [0.05, 0.1) is 5.52 Å². The summed E-state index contributed by atoms with van der Waals surface area (Å²) >= 11 is 5.60. The molecule has 1 N–H and O–H groups in total. The third-order valence-corrected chi connectivity index (χ3v) is 2.96. The van der Waals surface area contributed by atoms with Crippen LogP contribution in [0.4, 0.5) is 6.01 Å². The predicted octanol–water partition coefficient (Wildman–Crippen LogP) is 2.97. The molecule has 2 aromatic heterocycles. The number of nitrogens with zero attached hydrogens (tertiary/aromatic N) is 3.